The fourth-order valence-electron chi connectivity index (χ4n) is 2.31. The summed E-state index contributed by atoms with van der Waals surface area (Å²) >= 11 is 5.41. The molecule has 0 aliphatic rings. The molecule has 98 valence electrons. The van der Waals surface area contributed by atoms with E-state index in [0.29, 0.717) is 12.0 Å². The van der Waals surface area contributed by atoms with Gasteiger partial charge in [0.25, 0.3) is 0 Å². The fourth-order valence-corrected chi connectivity index (χ4v) is 2.64. The van der Waals surface area contributed by atoms with Crippen LogP contribution in [0.2, 0.25) is 0 Å². The molecule has 1 unspecified atom stereocenters. The number of H-pyrrole nitrogens is 1. The Kier molecular flexibility index (Phi) is 5.40. The number of rotatable bonds is 6. The minimum atomic E-state index is 0.471. The number of nitrogens with one attached hydrogen (secondary N) is 1. The highest BCUT2D eigenvalue weighted by Gasteiger charge is 2.17. The zero-order valence-corrected chi connectivity index (χ0v) is 12.5. The van der Waals surface area contributed by atoms with Crippen molar-refractivity contribution in [2.75, 3.05) is 20.6 Å². The standard InChI is InChI=1S/C13H25N3S/c1-6-11-8-14-13(17)16(11)12(7-10(2)3)9-15(4)5/h8,10,12H,6-7,9H2,1-5H3,(H,14,17). The topological polar surface area (TPSA) is 24.0 Å². The second kappa shape index (κ2) is 6.36. The number of nitrogens with zero attached hydrogens (tertiary/aromatic N) is 2. The van der Waals surface area contributed by atoms with Crippen LogP contribution in [0.15, 0.2) is 6.20 Å². The van der Waals surface area contributed by atoms with E-state index < -0.39 is 0 Å². The van der Waals surface area contributed by atoms with Gasteiger partial charge in [-0.3, -0.25) is 0 Å². The van der Waals surface area contributed by atoms with Crippen LogP contribution in [0.25, 0.3) is 0 Å². The molecule has 0 fully saturated rings. The second-order valence-electron chi connectivity index (χ2n) is 5.35. The predicted octanol–water partition coefficient (Wildman–Crippen LogP) is 3.26. The minimum absolute atomic E-state index is 0.471. The van der Waals surface area contributed by atoms with Crippen LogP contribution in [0.4, 0.5) is 0 Å². The molecule has 1 rings (SSSR count). The van der Waals surface area contributed by atoms with Gasteiger partial charge in [-0.1, -0.05) is 20.8 Å². The first kappa shape index (κ1) is 14.5. The highest BCUT2D eigenvalue weighted by Crippen LogP contribution is 2.21. The largest absolute Gasteiger partial charge is 0.337 e. The molecule has 0 saturated heterocycles. The molecular weight excluding hydrogens is 230 g/mol. The second-order valence-corrected chi connectivity index (χ2v) is 5.74. The smallest absolute Gasteiger partial charge is 0.177 e. The van der Waals surface area contributed by atoms with Crippen molar-refractivity contribution in [1.82, 2.24) is 14.5 Å². The Bertz CT molecular complexity index is 380. The molecule has 0 aliphatic heterocycles. The lowest BCUT2D eigenvalue weighted by Crippen LogP contribution is -2.26. The summed E-state index contributed by atoms with van der Waals surface area (Å²) in [5.41, 5.74) is 1.31. The molecule has 0 spiro atoms. The van der Waals surface area contributed by atoms with Gasteiger partial charge in [-0.25, -0.2) is 0 Å². The summed E-state index contributed by atoms with van der Waals surface area (Å²) in [6.45, 7) is 7.75. The summed E-state index contributed by atoms with van der Waals surface area (Å²) in [5.74, 6) is 0.682. The predicted molar refractivity (Wildman–Crippen MR) is 76.0 cm³/mol. The first-order chi connectivity index (χ1) is 7.95. The van der Waals surface area contributed by atoms with Crippen molar-refractivity contribution in [3.8, 4) is 0 Å². The molecule has 4 heteroatoms. The maximum absolute atomic E-state index is 5.41. The third-order valence-electron chi connectivity index (χ3n) is 2.94. The Balaban J connectivity index is 3.02. The van der Waals surface area contributed by atoms with Crippen molar-refractivity contribution in [1.29, 1.82) is 0 Å². The normalized spacial score (nSPS) is 13.6. The van der Waals surface area contributed by atoms with Crippen LogP contribution in [-0.4, -0.2) is 35.1 Å². The molecule has 0 radical (unpaired) electrons. The zero-order chi connectivity index (χ0) is 13.0. The molecule has 0 bridgehead atoms. The average molecular weight is 255 g/mol. The van der Waals surface area contributed by atoms with Crippen LogP contribution in [-0.2, 0) is 6.42 Å². The van der Waals surface area contributed by atoms with Crippen molar-refractivity contribution in [3.05, 3.63) is 16.7 Å². The highest BCUT2D eigenvalue weighted by molar-refractivity contribution is 7.71. The third kappa shape index (κ3) is 3.96. The van der Waals surface area contributed by atoms with E-state index in [-0.39, 0.29) is 0 Å². The summed E-state index contributed by atoms with van der Waals surface area (Å²) in [6, 6.07) is 0.471. The lowest BCUT2D eigenvalue weighted by molar-refractivity contribution is 0.283. The first-order valence-corrected chi connectivity index (χ1v) is 6.80. The molecule has 17 heavy (non-hydrogen) atoms. The number of hydrogen-bond acceptors (Lipinski definition) is 2. The van der Waals surface area contributed by atoms with Gasteiger partial charge in [0.2, 0.25) is 0 Å². The molecular formula is C13H25N3S. The van der Waals surface area contributed by atoms with Crippen LogP contribution in [0, 0.1) is 10.7 Å². The van der Waals surface area contributed by atoms with Crippen LogP contribution >= 0.6 is 12.2 Å². The maximum atomic E-state index is 5.41. The number of imidazole rings is 1. The van der Waals surface area contributed by atoms with Gasteiger partial charge in [0.1, 0.15) is 0 Å². The van der Waals surface area contributed by atoms with E-state index in [1.165, 1.54) is 5.69 Å². The van der Waals surface area contributed by atoms with Crippen molar-refractivity contribution >= 4 is 12.2 Å². The van der Waals surface area contributed by atoms with Gasteiger partial charge in [-0.05, 0) is 45.1 Å². The van der Waals surface area contributed by atoms with Crippen molar-refractivity contribution in [2.24, 2.45) is 5.92 Å². The van der Waals surface area contributed by atoms with E-state index >= 15 is 0 Å². The summed E-state index contributed by atoms with van der Waals surface area (Å²) in [6.07, 6.45) is 4.23. The van der Waals surface area contributed by atoms with Crippen LogP contribution in [0.3, 0.4) is 0 Å². The van der Waals surface area contributed by atoms with E-state index in [4.69, 9.17) is 12.2 Å². The van der Waals surface area contributed by atoms with Gasteiger partial charge in [-0.2, -0.15) is 0 Å². The molecule has 3 nitrogen and oxygen atoms in total. The molecule has 0 amide bonds. The van der Waals surface area contributed by atoms with Crippen molar-refractivity contribution < 1.29 is 0 Å². The van der Waals surface area contributed by atoms with Gasteiger partial charge in [0.05, 0.1) is 0 Å². The molecule has 1 aromatic heterocycles. The molecule has 1 atom stereocenters. The average Bonchev–Trinajstić information content (AvgIpc) is 2.57. The summed E-state index contributed by atoms with van der Waals surface area (Å²) in [4.78, 5) is 5.41. The number of hydrogen-bond donors (Lipinski definition) is 1. The lowest BCUT2D eigenvalue weighted by atomic mass is 10.0. The molecule has 1 heterocycles. The Hall–Kier alpha value is -0.610. The number of likely N-dealkylation sites (N-methyl/N-ethyl adjacent to an activating group) is 1. The lowest BCUT2D eigenvalue weighted by Gasteiger charge is -2.25. The summed E-state index contributed by atoms with van der Waals surface area (Å²) in [5, 5.41) is 0. The third-order valence-corrected chi connectivity index (χ3v) is 3.25. The van der Waals surface area contributed by atoms with E-state index in [1.54, 1.807) is 0 Å². The van der Waals surface area contributed by atoms with Crippen molar-refractivity contribution in [3.63, 3.8) is 0 Å². The Morgan fingerprint density at radius 1 is 1.41 bits per heavy atom. The molecule has 0 aromatic carbocycles. The summed E-state index contributed by atoms with van der Waals surface area (Å²) in [7, 11) is 4.24. The Morgan fingerprint density at radius 2 is 2.06 bits per heavy atom. The zero-order valence-electron chi connectivity index (χ0n) is 11.7. The quantitative estimate of drug-likeness (QED) is 0.789. The van der Waals surface area contributed by atoms with E-state index in [2.05, 4.69) is 49.3 Å². The first-order valence-electron chi connectivity index (χ1n) is 6.39. The minimum Gasteiger partial charge on any atom is -0.337 e. The van der Waals surface area contributed by atoms with Crippen LogP contribution in [0.5, 0.6) is 0 Å². The number of aromatic nitrogens is 2. The van der Waals surface area contributed by atoms with Crippen LogP contribution in [0.1, 0.15) is 38.9 Å². The van der Waals surface area contributed by atoms with E-state index in [1.807, 2.05) is 6.20 Å². The summed E-state index contributed by atoms with van der Waals surface area (Å²) < 4.78 is 3.16. The molecule has 1 aromatic rings. The Labute approximate surface area is 110 Å². The van der Waals surface area contributed by atoms with Crippen molar-refractivity contribution in [2.45, 2.75) is 39.7 Å². The van der Waals surface area contributed by atoms with E-state index in [9.17, 15) is 0 Å². The maximum Gasteiger partial charge on any atom is 0.177 e. The SMILES string of the molecule is CCc1c[nH]c(=S)n1C(CC(C)C)CN(C)C. The van der Waals surface area contributed by atoms with Gasteiger partial charge < -0.3 is 14.5 Å². The van der Waals surface area contributed by atoms with Gasteiger partial charge in [-0.15, -0.1) is 0 Å². The van der Waals surface area contributed by atoms with E-state index in [0.717, 1.165) is 24.2 Å². The van der Waals surface area contributed by atoms with Crippen LogP contribution < -0.4 is 0 Å². The molecule has 0 aliphatic carbocycles. The Morgan fingerprint density at radius 3 is 2.53 bits per heavy atom. The van der Waals surface area contributed by atoms with Gasteiger partial charge in [0, 0.05) is 24.5 Å². The fraction of sp³-hybridized carbons (Fsp3) is 0.769. The van der Waals surface area contributed by atoms with Gasteiger partial charge in [0.15, 0.2) is 4.77 Å². The number of aromatic amines is 1. The molecule has 1 N–H and O–H groups in total. The van der Waals surface area contributed by atoms with Gasteiger partial charge >= 0.3 is 0 Å². The molecule has 0 saturated carbocycles. The monoisotopic (exact) mass is 255 g/mol. The highest BCUT2D eigenvalue weighted by atomic mass is 32.1. The number of aryl methyl sites for hydroxylation is 1.